The minimum atomic E-state index is -0.452. The van der Waals surface area contributed by atoms with Crippen LogP contribution in [0.2, 0.25) is 0 Å². The van der Waals surface area contributed by atoms with E-state index in [0.717, 1.165) is 19.5 Å². The van der Waals surface area contributed by atoms with Crippen molar-refractivity contribution in [1.82, 2.24) is 4.90 Å². The van der Waals surface area contributed by atoms with Crippen LogP contribution in [0.25, 0.3) is 0 Å². The number of aliphatic hydroxyl groups is 1. The van der Waals surface area contributed by atoms with Crippen molar-refractivity contribution < 1.29 is 5.11 Å². The van der Waals surface area contributed by atoms with Crippen molar-refractivity contribution in [2.24, 2.45) is 5.92 Å². The van der Waals surface area contributed by atoms with Gasteiger partial charge in [0, 0.05) is 13.1 Å². The van der Waals surface area contributed by atoms with E-state index in [1.54, 1.807) is 0 Å². The molecule has 0 aliphatic carbocycles. The van der Waals surface area contributed by atoms with Gasteiger partial charge in [0.1, 0.15) is 0 Å². The van der Waals surface area contributed by atoms with Gasteiger partial charge in [-0.15, -0.1) is 0 Å². The fourth-order valence-corrected chi connectivity index (χ4v) is 2.06. The van der Waals surface area contributed by atoms with Crippen LogP contribution in [0.5, 0.6) is 0 Å². The molecule has 0 radical (unpaired) electrons. The van der Waals surface area contributed by atoms with Crippen LogP contribution in [0.3, 0.4) is 0 Å². The highest BCUT2D eigenvalue weighted by atomic mass is 16.3. The van der Waals surface area contributed by atoms with Gasteiger partial charge in [0.25, 0.3) is 0 Å². The number of nitrogens with zero attached hydrogens (tertiary/aromatic N) is 1. The van der Waals surface area contributed by atoms with Crippen molar-refractivity contribution in [1.29, 1.82) is 0 Å². The van der Waals surface area contributed by atoms with E-state index in [-0.39, 0.29) is 0 Å². The molecule has 74 valence electrons. The Bertz CT molecular complexity index is 111. The number of rotatable bonds is 0. The van der Waals surface area contributed by atoms with Gasteiger partial charge >= 0.3 is 0 Å². The predicted molar refractivity (Wildman–Crippen MR) is 53.2 cm³/mol. The molecule has 1 rings (SSSR count). The van der Waals surface area contributed by atoms with Crippen molar-refractivity contribution in [3.05, 3.63) is 0 Å². The largest absolute Gasteiger partial charge is 0.389 e. The Hall–Kier alpha value is -0.0800. The minimum Gasteiger partial charge on any atom is -0.389 e. The average Bonchev–Trinajstić information content (AvgIpc) is 1.85. The minimum absolute atomic E-state index is 0.452. The molecule has 2 unspecified atom stereocenters. The highest BCUT2D eigenvalue weighted by Crippen LogP contribution is 2.23. The third kappa shape index (κ3) is 4.07. The maximum atomic E-state index is 9.67. The Morgan fingerprint density at radius 1 is 1.42 bits per heavy atom. The molecule has 1 aliphatic rings. The van der Waals surface area contributed by atoms with Gasteiger partial charge in [0.15, 0.2) is 0 Å². The normalized spacial score (nSPS) is 37.0. The highest BCUT2D eigenvalue weighted by molar-refractivity contribution is 4.84. The zero-order chi connectivity index (χ0) is 9.78. The molecule has 12 heavy (non-hydrogen) atoms. The summed E-state index contributed by atoms with van der Waals surface area (Å²) >= 11 is 0. The molecule has 0 amide bonds. The first-order valence-electron chi connectivity index (χ1n) is 4.90. The molecule has 0 aromatic carbocycles. The molecule has 2 atom stereocenters. The molecule has 0 aromatic rings. The number of likely N-dealkylation sites (N-methyl/N-ethyl adjacent to an activating group) is 1. The highest BCUT2D eigenvalue weighted by Gasteiger charge is 2.30. The molecule has 1 heterocycles. The number of hydrogen-bond acceptors (Lipinski definition) is 2. The summed E-state index contributed by atoms with van der Waals surface area (Å²) in [4.78, 5) is 2.19. The van der Waals surface area contributed by atoms with Crippen LogP contribution in [-0.4, -0.2) is 35.7 Å². The molecular formula is C10H23NO. The molecule has 1 aliphatic heterocycles. The van der Waals surface area contributed by atoms with E-state index in [4.69, 9.17) is 0 Å². The summed E-state index contributed by atoms with van der Waals surface area (Å²) in [5, 5.41) is 9.67. The SMILES string of the molecule is CC.CC1CN(C)CC(C)(O)C1. The van der Waals surface area contributed by atoms with E-state index in [9.17, 15) is 5.11 Å². The first-order chi connectivity index (χ1) is 5.49. The summed E-state index contributed by atoms with van der Waals surface area (Å²) in [5.74, 6) is 0.633. The third-order valence-corrected chi connectivity index (χ3v) is 2.02. The second-order valence-electron chi connectivity index (χ2n) is 4.00. The average molecular weight is 173 g/mol. The van der Waals surface area contributed by atoms with Gasteiger partial charge in [0.2, 0.25) is 0 Å². The summed E-state index contributed by atoms with van der Waals surface area (Å²) in [6, 6.07) is 0. The van der Waals surface area contributed by atoms with Crippen molar-refractivity contribution in [3.63, 3.8) is 0 Å². The molecule has 1 N–H and O–H groups in total. The lowest BCUT2D eigenvalue weighted by molar-refractivity contribution is -0.0268. The van der Waals surface area contributed by atoms with Crippen LogP contribution in [-0.2, 0) is 0 Å². The van der Waals surface area contributed by atoms with E-state index in [2.05, 4.69) is 18.9 Å². The summed E-state index contributed by atoms with van der Waals surface area (Å²) in [7, 11) is 2.06. The standard InChI is InChI=1S/C8H17NO.C2H6/c1-7-4-8(2,10)6-9(3)5-7;1-2/h7,10H,4-6H2,1-3H3;1-2H3. The predicted octanol–water partition coefficient (Wildman–Crippen LogP) is 1.74. The molecule has 0 spiro atoms. The van der Waals surface area contributed by atoms with Crippen LogP contribution in [0.1, 0.15) is 34.1 Å². The third-order valence-electron chi connectivity index (χ3n) is 2.02. The van der Waals surface area contributed by atoms with Crippen LogP contribution in [0.15, 0.2) is 0 Å². The Balaban J connectivity index is 0.000000561. The molecule has 1 fully saturated rings. The van der Waals surface area contributed by atoms with Crippen LogP contribution in [0, 0.1) is 5.92 Å². The Kier molecular flexibility index (Phi) is 4.80. The quantitative estimate of drug-likeness (QED) is 0.603. The zero-order valence-corrected chi connectivity index (χ0v) is 9.09. The Labute approximate surface area is 76.6 Å². The van der Waals surface area contributed by atoms with Gasteiger partial charge < -0.3 is 10.0 Å². The van der Waals surface area contributed by atoms with Crippen molar-refractivity contribution in [3.8, 4) is 0 Å². The van der Waals surface area contributed by atoms with Gasteiger partial charge in [-0.25, -0.2) is 0 Å². The Morgan fingerprint density at radius 2 is 1.92 bits per heavy atom. The van der Waals surface area contributed by atoms with Gasteiger partial charge in [-0.1, -0.05) is 20.8 Å². The lowest BCUT2D eigenvalue weighted by Crippen LogP contribution is -2.47. The lowest BCUT2D eigenvalue weighted by atomic mass is 9.88. The molecule has 2 heteroatoms. The summed E-state index contributed by atoms with van der Waals surface area (Å²) in [6.07, 6.45) is 0.942. The first-order valence-corrected chi connectivity index (χ1v) is 4.90. The Morgan fingerprint density at radius 3 is 2.25 bits per heavy atom. The van der Waals surface area contributed by atoms with Gasteiger partial charge in [-0.05, 0) is 26.3 Å². The summed E-state index contributed by atoms with van der Waals surface area (Å²) < 4.78 is 0. The molecule has 0 bridgehead atoms. The van der Waals surface area contributed by atoms with Crippen LogP contribution in [0.4, 0.5) is 0 Å². The number of likely N-dealkylation sites (tertiary alicyclic amines) is 1. The van der Waals surface area contributed by atoms with Gasteiger partial charge in [-0.3, -0.25) is 0 Å². The van der Waals surface area contributed by atoms with Crippen molar-refractivity contribution in [2.45, 2.75) is 39.7 Å². The van der Waals surface area contributed by atoms with Crippen LogP contribution >= 0.6 is 0 Å². The van der Waals surface area contributed by atoms with E-state index < -0.39 is 5.60 Å². The van der Waals surface area contributed by atoms with Gasteiger partial charge in [-0.2, -0.15) is 0 Å². The monoisotopic (exact) mass is 173 g/mol. The number of β-amino-alcohol motifs (C(OH)–C–C–N with tert-alkyl or cyclic N) is 1. The topological polar surface area (TPSA) is 23.5 Å². The fraction of sp³-hybridized carbons (Fsp3) is 1.00. The number of hydrogen-bond donors (Lipinski definition) is 1. The van der Waals surface area contributed by atoms with Crippen molar-refractivity contribution >= 4 is 0 Å². The maximum absolute atomic E-state index is 9.67. The molecule has 0 saturated carbocycles. The summed E-state index contributed by atoms with van der Waals surface area (Å²) in [6.45, 7) is 10.0. The van der Waals surface area contributed by atoms with E-state index >= 15 is 0 Å². The first kappa shape index (κ1) is 11.9. The van der Waals surface area contributed by atoms with Crippen molar-refractivity contribution in [2.75, 3.05) is 20.1 Å². The number of piperidine rings is 1. The molecular weight excluding hydrogens is 150 g/mol. The van der Waals surface area contributed by atoms with E-state index in [1.165, 1.54) is 0 Å². The van der Waals surface area contributed by atoms with E-state index in [1.807, 2.05) is 20.8 Å². The smallest absolute Gasteiger partial charge is 0.0749 e. The lowest BCUT2D eigenvalue weighted by Gasteiger charge is -2.38. The van der Waals surface area contributed by atoms with Gasteiger partial charge in [0.05, 0.1) is 5.60 Å². The van der Waals surface area contributed by atoms with E-state index in [0.29, 0.717) is 5.92 Å². The second-order valence-corrected chi connectivity index (χ2v) is 4.00. The fourth-order valence-electron chi connectivity index (χ4n) is 2.06. The molecule has 2 nitrogen and oxygen atoms in total. The van der Waals surface area contributed by atoms with Crippen LogP contribution < -0.4 is 0 Å². The molecule has 1 saturated heterocycles. The molecule has 0 aromatic heterocycles. The zero-order valence-electron chi connectivity index (χ0n) is 9.09. The summed E-state index contributed by atoms with van der Waals surface area (Å²) in [5.41, 5.74) is -0.452. The second kappa shape index (κ2) is 4.83. The maximum Gasteiger partial charge on any atom is 0.0749 e.